The topological polar surface area (TPSA) is 12.0 Å². The zero-order valence-electron chi connectivity index (χ0n) is 11.6. The third-order valence-corrected chi connectivity index (χ3v) is 4.53. The van der Waals surface area contributed by atoms with Crippen LogP contribution in [0.2, 0.25) is 0 Å². The standard InChI is InChI=1S/C16H25NS/c1-3-10-17-16(12-18-2)15-9-5-8-14(11-15)13-6-4-7-13/h5,8-9,11,13,16-17H,3-4,6-7,10,12H2,1-2H3. The van der Waals surface area contributed by atoms with E-state index >= 15 is 0 Å². The van der Waals surface area contributed by atoms with E-state index in [2.05, 4.69) is 42.8 Å². The first-order valence-electron chi connectivity index (χ1n) is 7.17. The lowest BCUT2D eigenvalue weighted by Crippen LogP contribution is -2.24. The van der Waals surface area contributed by atoms with E-state index in [1.165, 1.54) is 31.2 Å². The lowest BCUT2D eigenvalue weighted by molar-refractivity contribution is 0.419. The van der Waals surface area contributed by atoms with Crippen molar-refractivity contribution in [3.05, 3.63) is 35.4 Å². The average molecular weight is 263 g/mol. The molecule has 0 aliphatic heterocycles. The van der Waals surface area contributed by atoms with E-state index in [1.54, 1.807) is 5.56 Å². The van der Waals surface area contributed by atoms with E-state index in [1.807, 2.05) is 11.8 Å². The van der Waals surface area contributed by atoms with Crippen LogP contribution in [0.1, 0.15) is 55.7 Å². The van der Waals surface area contributed by atoms with Crippen LogP contribution in [0.5, 0.6) is 0 Å². The van der Waals surface area contributed by atoms with Crippen LogP contribution in [0.25, 0.3) is 0 Å². The molecule has 0 radical (unpaired) electrons. The summed E-state index contributed by atoms with van der Waals surface area (Å²) in [4.78, 5) is 0. The summed E-state index contributed by atoms with van der Waals surface area (Å²) in [5, 5.41) is 3.67. The van der Waals surface area contributed by atoms with E-state index in [-0.39, 0.29) is 0 Å². The summed E-state index contributed by atoms with van der Waals surface area (Å²) in [6, 6.07) is 9.78. The first kappa shape index (κ1) is 14.0. The zero-order valence-corrected chi connectivity index (χ0v) is 12.4. The Kier molecular flexibility index (Phi) is 5.58. The molecule has 0 saturated heterocycles. The lowest BCUT2D eigenvalue weighted by Gasteiger charge is -2.27. The largest absolute Gasteiger partial charge is 0.309 e. The molecule has 1 N–H and O–H groups in total. The predicted octanol–water partition coefficient (Wildman–Crippen LogP) is 4.36. The molecule has 0 spiro atoms. The second-order valence-corrected chi connectivity index (χ2v) is 6.17. The second kappa shape index (κ2) is 7.20. The minimum Gasteiger partial charge on any atom is -0.309 e. The number of nitrogens with one attached hydrogen (secondary N) is 1. The van der Waals surface area contributed by atoms with Gasteiger partial charge in [-0.05, 0) is 49.1 Å². The van der Waals surface area contributed by atoms with Crippen LogP contribution in [0, 0.1) is 0 Å². The molecule has 18 heavy (non-hydrogen) atoms. The fourth-order valence-electron chi connectivity index (χ4n) is 2.53. The fourth-order valence-corrected chi connectivity index (χ4v) is 3.17. The van der Waals surface area contributed by atoms with Crippen LogP contribution in [0.3, 0.4) is 0 Å². The molecule has 2 rings (SSSR count). The van der Waals surface area contributed by atoms with E-state index in [0.29, 0.717) is 6.04 Å². The van der Waals surface area contributed by atoms with Gasteiger partial charge in [0.15, 0.2) is 0 Å². The second-order valence-electron chi connectivity index (χ2n) is 5.26. The minimum atomic E-state index is 0.514. The number of hydrogen-bond acceptors (Lipinski definition) is 2. The van der Waals surface area contributed by atoms with Gasteiger partial charge in [0, 0.05) is 11.8 Å². The smallest absolute Gasteiger partial charge is 0.0411 e. The van der Waals surface area contributed by atoms with Crippen molar-refractivity contribution in [1.82, 2.24) is 5.32 Å². The van der Waals surface area contributed by atoms with Gasteiger partial charge in [-0.2, -0.15) is 11.8 Å². The van der Waals surface area contributed by atoms with Gasteiger partial charge < -0.3 is 5.32 Å². The summed E-state index contributed by atoms with van der Waals surface area (Å²) in [5.41, 5.74) is 3.03. The number of thioether (sulfide) groups is 1. The van der Waals surface area contributed by atoms with Gasteiger partial charge in [-0.25, -0.2) is 0 Å². The normalized spacial score (nSPS) is 17.4. The Bertz CT molecular complexity index is 360. The van der Waals surface area contributed by atoms with Crippen LogP contribution in [-0.2, 0) is 0 Å². The molecule has 1 aliphatic carbocycles. The molecule has 0 amide bonds. The van der Waals surface area contributed by atoms with Crippen molar-refractivity contribution in [2.45, 2.75) is 44.6 Å². The molecule has 1 atom stereocenters. The summed E-state index contributed by atoms with van der Waals surface area (Å²) in [6.45, 7) is 3.34. The molecule has 0 heterocycles. The third kappa shape index (κ3) is 3.52. The maximum Gasteiger partial charge on any atom is 0.0411 e. The molecule has 1 aliphatic rings. The number of benzene rings is 1. The van der Waals surface area contributed by atoms with E-state index in [4.69, 9.17) is 0 Å². The van der Waals surface area contributed by atoms with Gasteiger partial charge >= 0.3 is 0 Å². The monoisotopic (exact) mass is 263 g/mol. The third-order valence-electron chi connectivity index (χ3n) is 3.86. The molecule has 1 unspecified atom stereocenters. The van der Waals surface area contributed by atoms with Crippen LogP contribution in [-0.4, -0.2) is 18.6 Å². The number of hydrogen-bond donors (Lipinski definition) is 1. The van der Waals surface area contributed by atoms with Crippen molar-refractivity contribution in [3.8, 4) is 0 Å². The molecule has 1 fully saturated rings. The average Bonchev–Trinajstić information content (AvgIpc) is 2.33. The molecule has 100 valence electrons. The maximum atomic E-state index is 3.67. The van der Waals surface area contributed by atoms with E-state index in [0.717, 1.165) is 18.2 Å². The summed E-state index contributed by atoms with van der Waals surface area (Å²) in [6.07, 6.45) is 7.58. The molecule has 1 nitrogen and oxygen atoms in total. The van der Waals surface area contributed by atoms with Crippen LogP contribution < -0.4 is 5.32 Å². The summed E-state index contributed by atoms with van der Waals surface area (Å²) >= 11 is 1.93. The highest BCUT2D eigenvalue weighted by Crippen LogP contribution is 2.37. The first-order chi connectivity index (χ1) is 8.85. The first-order valence-corrected chi connectivity index (χ1v) is 8.56. The van der Waals surface area contributed by atoms with Crippen molar-refractivity contribution in [2.24, 2.45) is 0 Å². The summed E-state index contributed by atoms with van der Waals surface area (Å²) in [7, 11) is 0. The van der Waals surface area contributed by atoms with Crippen molar-refractivity contribution < 1.29 is 0 Å². The Morgan fingerprint density at radius 2 is 2.22 bits per heavy atom. The Balaban J connectivity index is 2.07. The Morgan fingerprint density at radius 3 is 2.83 bits per heavy atom. The lowest BCUT2D eigenvalue weighted by atomic mass is 9.79. The quantitative estimate of drug-likeness (QED) is 0.784. The molecular weight excluding hydrogens is 238 g/mol. The minimum absolute atomic E-state index is 0.514. The van der Waals surface area contributed by atoms with Crippen LogP contribution in [0.4, 0.5) is 0 Å². The highest BCUT2D eigenvalue weighted by molar-refractivity contribution is 7.98. The number of rotatable bonds is 7. The van der Waals surface area contributed by atoms with Crippen molar-refractivity contribution in [2.75, 3.05) is 18.6 Å². The van der Waals surface area contributed by atoms with Crippen molar-refractivity contribution in [3.63, 3.8) is 0 Å². The van der Waals surface area contributed by atoms with Gasteiger partial charge in [0.05, 0.1) is 0 Å². The van der Waals surface area contributed by atoms with E-state index < -0.39 is 0 Å². The maximum absolute atomic E-state index is 3.67. The Hall–Kier alpha value is -0.470. The molecule has 2 heteroatoms. The van der Waals surface area contributed by atoms with Gasteiger partial charge in [-0.1, -0.05) is 37.6 Å². The molecule has 1 saturated carbocycles. The Morgan fingerprint density at radius 1 is 1.39 bits per heavy atom. The summed E-state index contributed by atoms with van der Waals surface area (Å²) in [5.74, 6) is 2.00. The highest BCUT2D eigenvalue weighted by Gasteiger charge is 2.20. The van der Waals surface area contributed by atoms with Gasteiger partial charge in [0.2, 0.25) is 0 Å². The molecular formula is C16H25NS. The molecule has 0 aromatic heterocycles. The Labute approximate surface area is 116 Å². The summed E-state index contributed by atoms with van der Waals surface area (Å²) < 4.78 is 0. The molecule has 1 aromatic carbocycles. The van der Waals surface area contributed by atoms with Crippen molar-refractivity contribution in [1.29, 1.82) is 0 Å². The van der Waals surface area contributed by atoms with Crippen LogP contribution >= 0.6 is 11.8 Å². The van der Waals surface area contributed by atoms with Crippen LogP contribution in [0.15, 0.2) is 24.3 Å². The fraction of sp³-hybridized carbons (Fsp3) is 0.625. The van der Waals surface area contributed by atoms with Gasteiger partial charge in [-0.15, -0.1) is 0 Å². The zero-order chi connectivity index (χ0) is 12.8. The SMILES string of the molecule is CCCNC(CSC)c1cccc(C2CCC2)c1. The van der Waals surface area contributed by atoms with Gasteiger partial charge in [0.25, 0.3) is 0 Å². The molecule has 0 bridgehead atoms. The molecule has 1 aromatic rings. The van der Waals surface area contributed by atoms with Gasteiger partial charge in [0.1, 0.15) is 0 Å². The highest BCUT2D eigenvalue weighted by atomic mass is 32.2. The van der Waals surface area contributed by atoms with E-state index in [9.17, 15) is 0 Å². The van der Waals surface area contributed by atoms with Crippen molar-refractivity contribution >= 4 is 11.8 Å². The van der Waals surface area contributed by atoms with Gasteiger partial charge in [-0.3, -0.25) is 0 Å². The predicted molar refractivity (Wildman–Crippen MR) is 82.5 cm³/mol.